The number of benzene rings is 2. The van der Waals surface area contributed by atoms with Crippen molar-refractivity contribution in [2.45, 2.75) is 13.8 Å². The molecule has 0 radical (unpaired) electrons. The van der Waals surface area contributed by atoms with Gasteiger partial charge in [-0.15, -0.1) is 23.7 Å². The number of nitrogen functional groups attached to an aromatic ring is 1. The first-order valence-corrected chi connectivity index (χ1v) is 8.34. The maximum atomic E-state index is 7.57. The molecule has 2 nitrogen and oxygen atoms in total. The van der Waals surface area contributed by atoms with Crippen LogP contribution in [0.1, 0.15) is 12.5 Å². The first-order chi connectivity index (χ1) is 10.1. The molecule has 1 aromatic heterocycles. The molecule has 3 rings (SSSR count). The van der Waals surface area contributed by atoms with E-state index in [4.69, 9.17) is 10.8 Å². The molecule has 0 atom stereocenters. The monoisotopic (exact) mass is 399 g/mol. The van der Waals surface area contributed by atoms with Crippen molar-refractivity contribution >= 4 is 54.8 Å². The van der Waals surface area contributed by atoms with Crippen LogP contribution in [0.25, 0.3) is 21.2 Å². The molecule has 0 aliphatic rings. The van der Waals surface area contributed by atoms with Gasteiger partial charge in [-0.1, -0.05) is 46.3 Å². The number of aryl methyl sites for hydroxylation is 1. The van der Waals surface area contributed by atoms with Gasteiger partial charge in [0.2, 0.25) is 0 Å². The number of rotatable bonds is 1. The number of thiophene rings is 1. The Morgan fingerprint density at radius 2 is 1.73 bits per heavy atom. The number of hydrogen-bond acceptors (Lipinski definition) is 3. The quantitative estimate of drug-likeness (QED) is 0.555. The SMILES string of the molecule is CCO.Cc1c(Br)ccc2sc(N)c(-c3ccccc3)c12.Cl. The predicted octanol–water partition coefficient (Wildman–Crippen LogP) is 5.64. The zero-order valence-electron chi connectivity index (χ0n) is 12.5. The number of anilines is 1. The second-order valence-corrected chi connectivity index (χ2v) is 6.51. The van der Waals surface area contributed by atoms with Gasteiger partial charge in [0.15, 0.2) is 0 Å². The van der Waals surface area contributed by atoms with Crippen molar-refractivity contribution in [3.05, 3.63) is 52.5 Å². The summed E-state index contributed by atoms with van der Waals surface area (Å²) in [5.41, 5.74) is 9.80. The number of aliphatic hydroxyl groups excluding tert-OH is 1. The summed E-state index contributed by atoms with van der Waals surface area (Å²) in [6.07, 6.45) is 0. The van der Waals surface area contributed by atoms with Gasteiger partial charge < -0.3 is 10.8 Å². The smallest absolute Gasteiger partial charge is 0.0948 e. The van der Waals surface area contributed by atoms with E-state index in [0.717, 1.165) is 15.0 Å². The fraction of sp³-hybridized carbons (Fsp3) is 0.176. The minimum absolute atomic E-state index is 0. The van der Waals surface area contributed by atoms with Crippen LogP contribution in [0, 0.1) is 6.92 Å². The number of fused-ring (bicyclic) bond motifs is 1. The maximum Gasteiger partial charge on any atom is 0.0948 e. The van der Waals surface area contributed by atoms with Crippen molar-refractivity contribution in [2.75, 3.05) is 12.3 Å². The van der Waals surface area contributed by atoms with E-state index in [-0.39, 0.29) is 19.0 Å². The van der Waals surface area contributed by atoms with Gasteiger partial charge in [-0.25, -0.2) is 0 Å². The molecule has 0 amide bonds. The van der Waals surface area contributed by atoms with Gasteiger partial charge in [-0.2, -0.15) is 0 Å². The van der Waals surface area contributed by atoms with Crippen molar-refractivity contribution in [1.29, 1.82) is 0 Å². The first-order valence-electron chi connectivity index (χ1n) is 6.73. The Kier molecular flexibility index (Phi) is 7.36. The van der Waals surface area contributed by atoms with Crippen molar-refractivity contribution < 1.29 is 5.11 Å². The molecule has 2 aromatic carbocycles. The number of aliphatic hydroxyl groups is 1. The van der Waals surface area contributed by atoms with Crippen LogP contribution in [-0.2, 0) is 0 Å². The minimum atomic E-state index is 0. The summed E-state index contributed by atoms with van der Waals surface area (Å²) in [5.74, 6) is 0. The first kappa shape index (κ1) is 19.0. The molecule has 22 heavy (non-hydrogen) atoms. The van der Waals surface area contributed by atoms with E-state index < -0.39 is 0 Å². The van der Waals surface area contributed by atoms with Gasteiger partial charge in [0.25, 0.3) is 0 Å². The molecule has 0 unspecified atom stereocenters. The van der Waals surface area contributed by atoms with Crippen LogP contribution < -0.4 is 5.73 Å². The third kappa shape index (κ3) is 3.82. The molecule has 0 saturated carbocycles. The Labute approximate surface area is 149 Å². The van der Waals surface area contributed by atoms with Gasteiger partial charge in [0, 0.05) is 26.7 Å². The fourth-order valence-electron chi connectivity index (χ4n) is 2.24. The Morgan fingerprint density at radius 3 is 2.32 bits per heavy atom. The van der Waals surface area contributed by atoms with Crippen molar-refractivity contribution in [1.82, 2.24) is 0 Å². The summed E-state index contributed by atoms with van der Waals surface area (Å²) in [6, 6.07) is 14.5. The topological polar surface area (TPSA) is 46.2 Å². The average molecular weight is 401 g/mol. The zero-order valence-corrected chi connectivity index (χ0v) is 15.7. The lowest BCUT2D eigenvalue weighted by Gasteiger charge is -2.05. The summed E-state index contributed by atoms with van der Waals surface area (Å²) in [7, 11) is 0. The second-order valence-electron chi connectivity index (χ2n) is 4.57. The van der Waals surface area contributed by atoms with Gasteiger partial charge in [-0.3, -0.25) is 0 Å². The Bertz CT molecular complexity index is 743. The molecular formula is C17H19BrClNOS. The Morgan fingerprint density at radius 1 is 1.14 bits per heavy atom. The summed E-state index contributed by atoms with van der Waals surface area (Å²) in [6.45, 7) is 4.06. The maximum absolute atomic E-state index is 7.57. The zero-order chi connectivity index (χ0) is 15.4. The standard InChI is InChI=1S/C15H12BrNS.C2H6O.ClH/c1-9-11(16)7-8-12-13(9)14(15(17)18-12)10-5-3-2-4-6-10;1-2-3;/h2-8H,17H2,1H3;3H,2H2,1H3;1H. The van der Waals surface area contributed by atoms with Gasteiger partial charge in [0.05, 0.1) is 5.00 Å². The molecule has 0 aliphatic carbocycles. The lowest BCUT2D eigenvalue weighted by Crippen LogP contribution is -1.85. The number of halogens is 2. The van der Waals surface area contributed by atoms with E-state index in [9.17, 15) is 0 Å². The molecule has 3 aromatic rings. The van der Waals surface area contributed by atoms with Crippen molar-refractivity contribution in [3.63, 3.8) is 0 Å². The van der Waals surface area contributed by atoms with Crippen LogP contribution in [0.2, 0.25) is 0 Å². The predicted molar refractivity (Wildman–Crippen MR) is 104 cm³/mol. The van der Waals surface area contributed by atoms with Crippen LogP contribution in [0.5, 0.6) is 0 Å². The summed E-state index contributed by atoms with van der Waals surface area (Å²) < 4.78 is 2.37. The molecule has 0 fully saturated rings. The van der Waals surface area contributed by atoms with E-state index in [1.54, 1.807) is 18.3 Å². The molecule has 0 bridgehead atoms. The lowest BCUT2D eigenvalue weighted by molar-refractivity contribution is 0.318. The van der Waals surface area contributed by atoms with E-state index >= 15 is 0 Å². The molecular weight excluding hydrogens is 382 g/mol. The molecule has 1 heterocycles. The highest BCUT2D eigenvalue weighted by Crippen LogP contribution is 2.43. The summed E-state index contributed by atoms with van der Waals surface area (Å²) in [5, 5.41) is 9.72. The van der Waals surface area contributed by atoms with Crippen LogP contribution in [-0.4, -0.2) is 11.7 Å². The van der Waals surface area contributed by atoms with E-state index in [1.807, 2.05) is 18.2 Å². The summed E-state index contributed by atoms with van der Waals surface area (Å²) in [4.78, 5) is 0. The van der Waals surface area contributed by atoms with Gasteiger partial charge in [0.1, 0.15) is 0 Å². The van der Waals surface area contributed by atoms with Crippen molar-refractivity contribution in [3.8, 4) is 11.1 Å². The molecule has 118 valence electrons. The van der Waals surface area contributed by atoms with Crippen LogP contribution in [0.3, 0.4) is 0 Å². The third-order valence-corrected chi connectivity index (χ3v) is 4.98. The van der Waals surface area contributed by atoms with E-state index in [1.165, 1.54) is 21.2 Å². The number of hydrogen-bond donors (Lipinski definition) is 2. The third-order valence-electron chi connectivity index (χ3n) is 3.14. The highest BCUT2D eigenvalue weighted by molar-refractivity contribution is 9.10. The largest absolute Gasteiger partial charge is 0.397 e. The fourth-order valence-corrected chi connectivity index (χ4v) is 3.62. The van der Waals surface area contributed by atoms with Crippen LogP contribution in [0.15, 0.2) is 46.9 Å². The molecule has 3 N–H and O–H groups in total. The second kappa shape index (κ2) is 8.53. The normalized spacial score (nSPS) is 9.82. The van der Waals surface area contributed by atoms with Crippen molar-refractivity contribution in [2.24, 2.45) is 0 Å². The highest BCUT2D eigenvalue weighted by Gasteiger charge is 2.14. The molecule has 0 aliphatic heterocycles. The lowest BCUT2D eigenvalue weighted by atomic mass is 10.0. The average Bonchev–Trinajstić information content (AvgIpc) is 2.82. The highest BCUT2D eigenvalue weighted by atomic mass is 79.9. The summed E-state index contributed by atoms with van der Waals surface area (Å²) >= 11 is 5.25. The van der Waals surface area contributed by atoms with E-state index in [0.29, 0.717) is 0 Å². The molecule has 0 spiro atoms. The van der Waals surface area contributed by atoms with Crippen LogP contribution in [0.4, 0.5) is 5.00 Å². The Hall–Kier alpha value is -1.07. The number of nitrogens with two attached hydrogens (primary N) is 1. The molecule has 5 heteroatoms. The van der Waals surface area contributed by atoms with E-state index in [2.05, 4.69) is 47.1 Å². The molecule has 0 saturated heterocycles. The van der Waals surface area contributed by atoms with Gasteiger partial charge in [-0.05, 0) is 37.1 Å². The van der Waals surface area contributed by atoms with Gasteiger partial charge >= 0.3 is 0 Å². The Balaban J connectivity index is 0.000000562. The van der Waals surface area contributed by atoms with Crippen LogP contribution >= 0.6 is 39.7 Å². The minimum Gasteiger partial charge on any atom is -0.397 e.